The molecule has 0 aliphatic rings. The highest BCUT2D eigenvalue weighted by molar-refractivity contribution is 5.87. The first-order valence-electron chi connectivity index (χ1n) is 6.04. The highest BCUT2D eigenvalue weighted by atomic mass is 16.3. The molecule has 0 saturated carbocycles. The van der Waals surface area contributed by atoms with Crippen LogP contribution in [-0.2, 0) is 0 Å². The molecule has 2 heterocycles. The molecule has 0 bridgehead atoms. The van der Waals surface area contributed by atoms with Gasteiger partial charge in [0.05, 0.1) is 5.52 Å². The minimum Gasteiger partial charge on any atom is -0.507 e. The molecule has 0 atom stereocenters. The van der Waals surface area contributed by atoms with E-state index in [1.807, 2.05) is 38.1 Å². The lowest BCUT2D eigenvalue weighted by Gasteiger charge is -2.05. The van der Waals surface area contributed by atoms with Crippen LogP contribution in [0, 0.1) is 13.8 Å². The molecular formula is C15H13N3O. The lowest BCUT2D eigenvalue weighted by molar-refractivity contribution is 0.481. The third-order valence-corrected chi connectivity index (χ3v) is 2.97. The Labute approximate surface area is 110 Å². The molecule has 1 N–H and O–H groups in total. The maximum Gasteiger partial charge on any atom is 0.178 e. The van der Waals surface area contributed by atoms with E-state index in [9.17, 15) is 5.11 Å². The van der Waals surface area contributed by atoms with Crippen LogP contribution in [-0.4, -0.2) is 20.1 Å². The molecule has 0 saturated heterocycles. The van der Waals surface area contributed by atoms with E-state index >= 15 is 0 Å². The number of nitrogens with zero attached hydrogens (tertiary/aromatic N) is 3. The van der Waals surface area contributed by atoms with E-state index in [1.54, 1.807) is 12.3 Å². The van der Waals surface area contributed by atoms with Crippen LogP contribution in [0.5, 0.6) is 5.75 Å². The van der Waals surface area contributed by atoms with Gasteiger partial charge in [0.2, 0.25) is 0 Å². The molecule has 0 unspecified atom stereocenters. The smallest absolute Gasteiger partial charge is 0.178 e. The first kappa shape index (κ1) is 11.6. The molecule has 3 rings (SSSR count). The number of benzene rings is 1. The maximum atomic E-state index is 10.1. The standard InChI is InChI=1S/C15H13N3O/c1-9-3-4-11-12(7-9)18-13(8-14(11)19)15-16-6-5-10(2)17-15/h3-8H,1-2H3,(H,18,19). The monoisotopic (exact) mass is 251 g/mol. The topological polar surface area (TPSA) is 58.9 Å². The van der Waals surface area contributed by atoms with Gasteiger partial charge in [-0.15, -0.1) is 0 Å². The number of aromatic hydroxyl groups is 1. The first-order valence-corrected chi connectivity index (χ1v) is 6.04. The van der Waals surface area contributed by atoms with Gasteiger partial charge in [-0.2, -0.15) is 0 Å². The highest BCUT2D eigenvalue weighted by Gasteiger charge is 2.09. The molecule has 0 fully saturated rings. The summed E-state index contributed by atoms with van der Waals surface area (Å²) in [5.74, 6) is 0.726. The number of hydrogen-bond donors (Lipinski definition) is 1. The average molecular weight is 251 g/mol. The van der Waals surface area contributed by atoms with Crippen LogP contribution in [0.25, 0.3) is 22.4 Å². The summed E-state index contributed by atoms with van der Waals surface area (Å²) in [6, 6.07) is 9.19. The molecule has 0 amide bonds. The number of rotatable bonds is 1. The van der Waals surface area contributed by atoms with E-state index in [4.69, 9.17) is 0 Å². The summed E-state index contributed by atoms with van der Waals surface area (Å²) in [5.41, 5.74) is 3.30. The Morgan fingerprint density at radius 3 is 2.63 bits per heavy atom. The van der Waals surface area contributed by atoms with Gasteiger partial charge in [0, 0.05) is 23.3 Å². The van der Waals surface area contributed by atoms with Crippen molar-refractivity contribution in [1.82, 2.24) is 15.0 Å². The Kier molecular flexibility index (Phi) is 2.63. The minimum atomic E-state index is 0.199. The van der Waals surface area contributed by atoms with Gasteiger partial charge in [0.1, 0.15) is 11.4 Å². The quantitative estimate of drug-likeness (QED) is 0.722. The SMILES string of the molecule is Cc1ccc2c(O)cc(-c3nccc(C)n3)nc2c1. The summed E-state index contributed by atoms with van der Waals surface area (Å²) in [7, 11) is 0. The molecule has 0 aliphatic heterocycles. The summed E-state index contributed by atoms with van der Waals surface area (Å²) in [6.07, 6.45) is 1.69. The van der Waals surface area contributed by atoms with Gasteiger partial charge in [-0.1, -0.05) is 6.07 Å². The van der Waals surface area contributed by atoms with Crippen molar-refractivity contribution < 1.29 is 5.11 Å². The van der Waals surface area contributed by atoms with E-state index in [0.29, 0.717) is 11.5 Å². The van der Waals surface area contributed by atoms with Gasteiger partial charge in [-0.25, -0.2) is 15.0 Å². The average Bonchev–Trinajstić information content (AvgIpc) is 2.38. The van der Waals surface area contributed by atoms with Crippen molar-refractivity contribution in [2.45, 2.75) is 13.8 Å². The number of hydrogen-bond acceptors (Lipinski definition) is 4. The van der Waals surface area contributed by atoms with Crippen LogP contribution in [0.2, 0.25) is 0 Å². The molecule has 1 aromatic carbocycles. The summed E-state index contributed by atoms with van der Waals surface area (Å²) in [6.45, 7) is 3.89. The minimum absolute atomic E-state index is 0.199. The molecule has 0 spiro atoms. The Morgan fingerprint density at radius 2 is 1.84 bits per heavy atom. The molecule has 4 heteroatoms. The summed E-state index contributed by atoms with van der Waals surface area (Å²) < 4.78 is 0. The van der Waals surface area contributed by atoms with E-state index in [1.165, 1.54) is 0 Å². The van der Waals surface area contributed by atoms with Gasteiger partial charge in [0.25, 0.3) is 0 Å². The molecule has 3 aromatic rings. The van der Waals surface area contributed by atoms with Crippen LogP contribution in [0.15, 0.2) is 36.5 Å². The van der Waals surface area contributed by atoms with Crippen molar-refractivity contribution in [3.8, 4) is 17.3 Å². The predicted octanol–water partition coefficient (Wildman–Crippen LogP) is 3.01. The van der Waals surface area contributed by atoms with Crippen LogP contribution < -0.4 is 0 Å². The Morgan fingerprint density at radius 1 is 1.00 bits per heavy atom. The zero-order valence-electron chi connectivity index (χ0n) is 10.8. The normalized spacial score (nSPS) is 10.8. The molecule has 0 radical (unpaired) electrons. The second-order valence-electron chi connectivity index (χ2n) is 4.57. The van der Waals surface area contributed by atoms with Gasteiger partial charge < -0.3 is 5.11 Å². The van der Waals surface area contributed by atoms with Crippen LogP contribution >= 0.6 is 0 Å². The first-order chi connectivity index (χ1) is 9.13. The Balaban J connectivity index is 2.25. The van der Waals surface area contributed by atoms with Crippen molar-refractivity contribution in [2.24, 2.45) is 0 Å². The summed E-state index contributed by atoms with van der Waals surface area (Å²) >= 11 is 0. The van der Waals surface area contributed by atoms with Crippen molar-refractivity contribution in [3.63, 3.8) is 0 Å². The number of aryl methyl sites for hydroxylation is 2. The predicted molar refractivity (Wildman–Crippen MR) is 73.9 cm³/mol. The summed E-state index contributed by atoms with van der Waals surface area (Å²) in [4.78, 5) is 13.0. The number of pyridine rings is 1. The largest absolute Gasteiger partial charge is 0.507 e. The lowest BCUT2D eigenvalue weighted by atomic mass is 10.1. The van der Waals surface area contributed by atoms with Crippen molar-refractivity contribution in [1.29, 1.82) is 0 Å². The molecule has 0 aliphatic carbocycles. The molecule has 2 aromatic heterocycles. The fourth-order valence-corrected chi connectivity index (χ4v) is 2.01. The third kappa shape index (κ3) is 2.12. The zero-order chi connectivity index (χ0) is 13.4. The maximum absolute atomic E-state index is 10.1. The van der Waals surface area contributed by atoms with Crippen molar-refractivity contribution in [3.05, 3.63) is 47.8 Å². The van der Waals surface area contributed by atoms with E-state index in [0.717, 1.165) is 22.2 Å². The van der Waals surface area contributed by atoms with Crippen molar-refractivity contribution >= 4 is 10.9 Å². The van der Waals surface area contributed by atoms with Crippen LogP contribution in [0.1, 0.15) is 11.3 Å². The highest BCUT2D eigenvalue weighted by Crippen LogP contribution is 2.28. The Bertz CT molecular complexity index is 768. The van der Waals surface area contributed by atoms with Gasteiger partial charge in [0.15, 0.2) is 5.82 Å². The number of aromatic nitrogens is 3. The zero-order valence-corrected chi connectivity index (χ0v) is 10.8. The third-order valence-electron chi connectivity index (χ3n) is 2.97. The van der Waals surface area contributed by atoms with E-state index < -0.39 is 0 Å². The Hall–Kier alpha value is -2.49. The summed E-state index contributed by atoms with van der Waals surface area (Å²) in [5, 5.41) is 10.8. The second kappa shape index (κ2) is 4.31. The number of fused-ring (bicyclic) bond motifs is 1. The van der Waals surface area contributed by atoms with E-state index in [-0.39, 0.29) is 5.75 Å². The lowest BCUT2D eigenvalue weighted by Crippen LogP contribution is -1.94. The second-order valence-corrected chi connectivity index (χ2v) is 4.57. The fraction of sp³-hybridized carbons (Fsp3) is 0.133. The van der Waals surface area contributed by atoms with Crippen molar-refractivity contribution in [2.75, 3.05) is 0 Å². The fourth-order valence-electron chi connectivity index (χ4n) is 2.01. The van der Waals surface area contributed by atoms with Crippen LogP contribution in [0.4, 0.5) is 0 Å². The van der Waals surface area contributed by atoms with Crippen LogP contribution in [0.3, 0.4) is 0 Å². The van der Waals surface area contributed by atoms with Gasteiger partial charge in [-0.05, 0) is 37.6 Å². The van der Waals surface area contributed by atoms with E-state index in [2.05, 4.69) is 15.0 Å². The molecule has 4 nitrogen and oxygen atoms in total. The molecular weight excluding hydrogens is 238 g/mol. The van der Waals surface area contributed by atoms with Gasteiger partial charge in [-0.3, -0.25) is 0 Å². The van der Waals surface area contributed by atoms with Gasteiger partial charge >= 0.3 is 0 Å². The molecule has 19 heavy (non-hydrogen) atoms. The molecule has 94 valence electrons.